The van der Waals surface area contributed by atoms with E-state index in [1.807, 2.05) is 30.3 Å². The van der Waals surface area contributed by atoms with Crippen LogP contribution in [0.15, 0.2) is 60.8 Å². The van der Waals surface area contributed by atoms with E-state index in [0.29, 0.717) is 28.2 Å². The predicted octanol–water partition coefficient (Wildman–Crippen LogP) is 3.25. The van der Waals surface area contributed by atoms with Crippen LogP contribution >= 0.6 is 0 Å². The fourth-order valence-corrected chi connectivity index (χ4v) is 2.82. The molecule has 1 aliphatic heterocycles. The third-order valence-electron chi connectivity index (χ3n) is 4.11. The summed E-state index contributed by atoms with van der Waals surface area (Å²) in [6, 6.07) is 18.4. The molecule has 2 N–H and O–H groups in total. The Morgan fingerprint density at radius 3 is 2.46 bits per heavy atom. The van der Waals surface area contributed by atoms with E-state index in [2.05, 4.69) is 21.7 Å². The monoisotopic (exact) mass is 340 g/mol. The van der Waals surface area contributed by atoms with Crippen molar-refractivity contribution in [3.63, 3.8) is 0 Å². The first-order valence-electron chi connectivity index (χ1n) is 7.88. The maximum atomic E-state index is 11.8. The Kier molecular flexibility index (Phi) is 3.67. The lowest BCUT2D eigenvalue weighted by Crippen LogP contribution is -2.19. The van der Waals surface area contributed by atoms with E-state index in [-0.39, 0.29) is 0 Å². The van der Waals surface area contributed by atoms with Gasteiger partial charge in [0.2, 0.25) is 0 Å². The number of benzene rings is 2. The van der Waals surface area contributed by atoms with E-state index in [4.69, 9.17) is 0 Å². The van der Waals surface area contributed by atoms with Gasteiger partial charge in [0.15, 0.2) is 0 Å². The van der Waals surface area contributed by atoms with Crippen LogP contribution in [0, 0.1) is 11.3 Å². The molecule has 124 valence electrons. The molecular formula is C20H12N4O2. The van der Waals surface area contributed by atoms with Gasteiger partial charge in [0, 0.05) is 17.4 Å². The van der Waals surface area contributed by atoms with Gasteiger partial charge in [0.1, 0.15) is 11.9 Å². The van der Waals surface area contributed by atoms with Crippen LogP contribution in [0.2, 0.25) is 0 Å². The Morgan fingerprint density at radius 2 is 1.69 bits per heavy atom. The van der Waals surface area contributed by atoms with Gasteiger partial charge in [0.25, 0.3) is 11.8 Å². The maximum Gasteiger partial charge on any atom is 0.259 e. The van der Waals surface area contributed by atoms with Gasteiger partial charge in [-0.3, -0.25) is 14.9 Å². The highest BCUT2D eigenvalue weighted by molar-refractivity contribution is 6.21. The first kappa shape index (κ1) is 15.5. The zero-order valence-corrected chi connectivity index (χ0v) is 13.5. The molecule has 2 amide bonds. The summed E-state index contributed by atoms with van der Waals surface area (Å²) >= 11 is 0. The van der Waals surface area contributed by atoms with Crippen LogP contribution < -0.4 is 10.6 Å². The van der Waals surface area contributed by atoms with Crippen molar-refractivity contribution in [2.24, 2.45) is 0 Å². The molecule has 0 unspecified atom stereocenters. The topological polar surface area (TPSA) is 94.9 Å². The quantitative estimate of drug-likeness (QED) is 0.714. The van der Waals surface area contributed by atoms with Gasteiger partial charge >= 0.3 is 0 Å². The number of nitrogens with zero attached hydrogens (tertiary/aromatic N) is 2. The second-order valence-electron chi connectivity index (χ2n) is 5.77. The summed E-state index contributed by atoms with van der Waals surface area (Å²) < 4.78 is 0. The molecule has 4 rings (SSSR count). The Labute approximate surface area is 149 Å². The molecule has 0 aliphatic carbocycles. The van der Waals surface area contributed by atoms with Crippen LogP contribution in [0.3, 0.4) is 0 Å². The summed E-state index contributed by atoms with van der Waals surface area (Å²) in [5.74, 6) is -0.446. The zero-order valence-electron chi connectivity index (χ0n) is 13.5. The zero-order chi connectivity index (χ0) is 18.1. The van der Waals surface area contributed by atoms with Gasteiger partial charge in [-0.1, -0.05) is 30.3 Å². The SMILES string of the molecule is N#Cc1cc(-c2ccccc2)cnc1Nc1ccc2c(c1)C(=O)NC2=O. The highest BCUT2D eigenvalue weighted by Crippen LogP contribution is 2.26. The van der Waals surface area contributed by atoms with Crippen molar-refractivity contribution in [2.75, 3.05) is 5.32 Å². The maximum absolute atomic E-state index is 11.8. The average Bonchev–Trinajstić information content (AvgIpc) is 2.96. The lowest BCUT2D eigenvalue weighted by molar-refractivity contribution is 0.0879. The molecule has 1 aromatic heterocycles. The highest BCUT2D eigenvalue weighted by atomic mass is 16.2. The molecule has 0 saturated carbocycles. The van der Waals surface area contributed by atoms with E-state index in [1.54, 1.807) is 30.5 Å². The first-order valence-corrected chi connectivity index (χ1v) is 7.88. The first-order chi connectivity index (χ1) is 12.7. The normalized spacial score (nSPS) is 12.3. The van der Waals surface area contributed by atoms with Gasteiger partial charge in [-0.25, -0.2) is 4.98 Å². The standard InChI is InChI=1S/C20H12N4O2/c21-10-13-8-14(12-4-2-1-3-5-12)11-22-18(13)23-15-6-7-16-17(9-15)20(26)24-19(16)25/h1-9,11H,(H,22,23)(H,24,25,26). The number of carbonyl (C=O) groups excluding carboxylic acids is 2. The van der Waals surface area contributed by atoms with Crippen LogP contribution in [0.5, 0.6) is 0 Å². The van der Waals surface area contributed by atoms with Crippen LogP contribution in [0.25, 0.3) is 11.1 Å². The molecule has 2 aromatic carbocycles. The lowest BCUT2D eigenvalue weighted by Gasteiger charge is -2.10. The summed E-state index contributed by atoms with van der Waals surface area (Å²) in [4.78, 5) is 27.7. The van der Waals surface area contributed by atoms with Gasteiger partial charge in [0.05, 0.1) is 16.7 Å². The van der Waals surface area contributed by atoms with E-state index < -0.39 is 11.8 Å². The molecule has 0 fully saturated rings. The average molecular weight is 340 g/mol. The third-order valence-corrected chi connectivity index (χ3v) is 4.11. The number of hydrogen-bond donors (Lipinski definition) is 2. The smallest absolute Gasteiger partial charge is 0.259 e. The molecule has 6 heteroatoms. The summed E-state index contributed by atoms with van der Waals surface area (Å²) in [5, 5.41) is 14.8. The summed E-state index contributed by atoms with van der Waals surface area (Å²) in [7, 11) is 0. The van der Waals surface area contributed by atoms with Crippen LogP contribution in [0.1, 0.15) is 26.3 Å². The summed E-state index contributed by atoms with van der Waals surface area (Å²) in [6.07, 6.45) is 1.68. The third kappa shape index (κ3) is 2.68. The summed E-state index contributed by atoms with van der Waals surface area (Å²) in [6.45, 7) is 0. The molecule has 6 nitrogen and oxygen atoms in total. The molecule has 0 saturated heterocycles. The van der Waals surface area contributed by atoms with Crippen LogP contribution in [-0.4, -0.2) is 16.8 Å². The molecule has 0 spiro atoms. The fourth-order valence-electron chi connectivity index (χ4n) is 2.82. The minimum atomic E-state index is -0.429. The largest absolute Gasteiger partial charge is 0.339 e. The molecule has 3 aromatic rings. The Balaban J connectivity index is 1.67. The van der Waals surface area contributed by atoms with E-state index >= 15 is 0 Å². The van der Waals surface area contributed by atoms with E-state index in [0.717, 1.165) is 11.1 Å². The number of aromatic nitrogens is 1. The number of nitrogens with one attached hydrogen (secondary N) is 2. The number of pyridine rings is 1. The van der Waals surface area contributed by atoms with Crippen molar-refractivity contribution in [3.05, 3.63) is 77.5 Å². The highest BCUT2D eigenvalue weighted by Gasteiger charge is 2.26. The molecule has 26 heavy (non-hydrogen) atoms. The number of carbonyl (C=O) groups is 2. The van der Waals surface area contributed by atoms with E-state index in [1.165, 1.54) is 0 Å². The van der Waals surface area contributed by atoms with Crippen molar-refractivity contribution in [1.29, 1.82) is 5.26 Å². The van der Waals surface area contributed by atoms with Crippen molar-refractivity contribution in [2.45, 2.75) is 0 Å². The molecular weight excluding hydrogens is 328 g/mol. The number of amides is 2. The molecule has 0 atom stereocenters. The number of rotatable bonds is 3. The van der Waals surface area contributed by atoms with Crippen molar-refractivity contribution in [1.82, 2.24) is 10.3 Å². The molecule has 2 heterocycles. The van der Waals surface area contributed by atoms with Gasteiger partial charge in [-0.05, 0) is 29.8 Å². The van der Waals surface area contributed by atoms with Crippen LogP contribution in [-0.2, 0) is 0 Å². The van der Waals surface area contributed by atoms with E-state index in [9.17, 15) is 14.9 Å². The minimum absolute atomic E-state index is 0.305. The number of imide groups is 1. The summed E-state index contributed by atoms with van der Waals surface area (Å²) in [5.41, 5.74) is 3.41. The number of hydrogen-bond acceptors (Lipinski definition) is 5. The minimum Gasteiger partial charge on any atom is -0.339 e. The second kappa shape index (κ2) is 6.15. The van der Waals surface area contributed by atoms with Crippen molar-refractivity contribution < 1.29 is 9.59 Å². The molecule has 0 radical (unpaired) electrons. The fraction of sp³-hybridized carbons (Fsp3) is 0. The van der Waals surface area contributed by atoms with Crippen LogP contribution in [0.4, 0.5) is 11.5 Å². The van der Waals surface area contributed by atoms with Gasteiger partial charge in [-0.15, -0.1) is 0 Å². The van der Waals surface area contributed by atoms with Crippen molar-refractivity contribution in [3.8, 4) is 17.2 Å². The Hall–Kier alpha value is -3.98. The second-order valence-corrected chi connectivity index (χ2v) is 5.77. The van der Waals surface area contributed by atoms with Gasteiger partial charge < -0.3 is 5.32 Å². The Bertz CT molecular complexity index is 1080. The molecule has 1 aliphatic rings. The Morgan fingerprint density at radius 1 is 0.923 bits per heavy atom. The number of nitriles is 1. The molecule has 0 bridgehead atoms. The number of fused-ring (bicyclic) bond motifs is 1. The van der Waals surface area contributed by atoms with Gasteiger partial charge in [-0.2, -0.15) is 5.26 Å². The predicted molar refractivity (Wildman–Crippen MR) is 95.9 cm³/mol. The van der Waals surface area contributed by atoms with Crippen molar-refractivity contribution >= 4 is 23.3 Å². The lowest BCUT2D eigenvalue weighted by atomic mass is 10.1. The number of anilines is 2.